The Bertz CT molecular complexity index is 573. The maximum Gasteiger partial charge on any atom is 0.423 e. The number of rotatable bonds is 2. The molecule has 0 atom stereocenters. The molecule has 0 aromatic heterocycles. The molecule has 0 saturated heterocycles. The first-order valence-corrected chi connectivity index (χ1v) is 4.49. The number of alkyl halides is 3. The van der Waals surface area contributed by atoms with Gasteiger partial charge in [-0.25, -0.2) is 0 Å². The molecular weight excluding hydrogens is 253 g/mol. The van der Waals surface area contributed by atoms with Gasteiger partial charge in [-0.05, 0) is 19.1 Å². The third-order valence-electron chi connectivity index (χ3n) is 2.14. The number of nitro groups is 1. The van der Waals surface area contributed by atoms with Crippen molar-refractivity contribution in [2.45, 2.75) is 13.1 Å². The number of hydrogen-bond acceptors (Lipinski definition) is 4. The fraction of sp³-hybridized carbons (Fsp3) is 0.200. The first-order valence-electron chi connectivity index (χ1n) is 4.49. The summed E-state index contributed by atoms with van der Waals surface area (Å²) in [6, 6.07) is 2.89. The lowest BCUT2D eigenvalue weighted by Gasteiger charge is -2.11. The second kappa shape index (κ2) is 4.44. The fourth-order valence-electron chi connectivity index (χ4n) is 1.45. The average Bonchev–Trinajstić information content (AvgIpc) is 2.25. The van der Waals surface area contributed by atoms with Crippen LogP contribution in [0.4, 0.5) is 18.9 Å². The third kappa shape index (κ3) is 2.29. The molecule has 0 aliphatic rings. The van der Waals surface area contributed by atoms with E-state index in [4.69, 9.17) is 5.26 Å². The predicted octanol–water partition coefficient (Wildman–Crippen LogP) is 2.69. The lowest BCUT2D eigenvalue weighted by molar-refractivity contribution is -0.388. The molecule has 0 fully saturated rings. The van der Waals surface area contributed by atoms with Crippen LogP contribution in [-0.4, -0.2) is 10.7 Å². The van der Waals surface area contributed by atoms with E-state index < -0.39 is 39.3 Å². The van der Waals surface area contributed by atoms with Gasteiger partial charge in [-0.15, -0.1) is 0 Å². The highest BCUT2D eigenvalue weighted by Crippen LogP contribution is 2.40. The van der Waals surface area contributed by atoms with Crippen molar-refractivity contribution in [3.63, 3.8) is 0 Å². The Morgan fingerprint density at radius 3 is 2.33 bits per heavy atom. The topological polar surface area (TPSA) is 84.0 Å². The van der Waals surface area contributed by atoms with Crippen molar-refractivity contribution in [2.24, 2.45) is 0 Å². The number of carbonyl (C=O) groups excluding carboxylic acids is 1. The molecular formula is C10H5F3N2O3. The van der Waals surface area contributed by atoms with Crippen molar-refractivity contribution < 1.29 is 22.9 Å². The van der Waals surface area contributed by atoms with E-state index in [1.165, 1.54) is 6.07 Å². The predicted molar refractivity (Wildman–Crippen MR) is 52.8 cm³/mol. The summed E-state index contributed by atoms with van der Waals surface area (Å²) in [5.74, 6) is -0.963. The standard InChI is InChI=1S/C10H5F3N2O3/c1-5(16)7-3-2-6(4-14)9(15(17)18)8(7)10(11,12)13/h2-3H,1H3. The Morgan fingerprint density at radius 2 is 2.00 bits per heavy atom. The molecule has 5 nitrogen and oxygen atoms in total. The van der Waals surface area contributed by atoms with Crippen LogP contribution in [0.2, 0.25) is 0 Å². The van der Waals surface area contributed by atoms with Crippen molar-refractivity contribution >= 4 is 11.5 Å². The molecule has 8 heteroatoms. The summed E-state index contributed by atoms with van der Waals surface area (Å²) >= 11 is 0. The number of hydrogen-bond donors (Lipinski definition) is 0. The summed E-state index contributed by atoms with van der Waals surface area (Å²) in [5, 5.41) is 19.2. The molecule has 0 aliphatic carbocycles. The summed E-state index contributed by atoms with van der Waals surface area (Å²) in [6.45, 7) is 0.861. The van der Waals surface area contributed by atoms with Crippen LogP contribution >= 0.6 is 0 Å². The number of nitro benzene ring substituents is 1. The zero-order valence-corrected chi connectivity index (χ0v) is 8.91. The molecule has 0 spiro atoms. The molecule has 0 radical (unpaired) electrons. The van der Waals surface area contributed by atoms with E-state index in [1.54, 1.807) is 0 Å². The molecule has 0 saturated carbocycles. The van der Waals surface area contributed by atoms with E-state index >= 15 is 0 Å². The summed E-state index contributed by atoms with van der Waals surface area (Å²) in [4.78, 5) is 20.4. The second-order valence-corrected chi connectivity index (χ2v) is 3.31. The molecule has 94 valence electrons. The van der Waals surface area contributed by atoms with E-state index in [0.717, 1.165) is 19.1 Å². The second-order valence-electron chi connectivity index (χ2n) is 3.31. The van der Waals surface area contributed by atoms with Gasteiger partial charge in [0.25, 0.3) is 5.69 Å². The maximum atomic E-state index is 12.8. The fourth-order valence-corrected chi connectivity index (χ4v) is 1.45. The Labute approximate surface area is 98.6 Å². The number of ketones is 1. The molecule has 0 amide bonds. The minimum absolute atomic E-state index is 0.739. The SMILES string of the molecule is CC(=O)c1ccc(C#N)c([N+](=O)[O-])c1C(F)(F)F. The maximum absolute atomic E-state index is 12.8. The van der Waals surface area contributed by atoms with E-state index in [2.05, 4.69) is 0 Å². The quantitative estimate of drug-likeness (QED) is 0.463. The normalized spacial score (nSPS) is 10.8. The van der Waals surface area contributed by atoms with Crippen molar-refractivity contribution in [1.29, 1.82) is 5.26 Å². The molecule has 1 aromatic rings. The van der Waals surface area contributed by atoms with Crippen LogP contribution in [0.3, 0.4) is 0 Å². The molecule has 0 N–H and O–H groups in total. The Kier molecular flexibility index (Phi) is 3.37. The van der Waals surface area contributed by atoms with Crippen molar-refractivity contribution in [3.8, 4) is 6.07 Å². The lowest BCUT2D eigenvalue weighted by atomic mass is 9.98. The number of carbonyl (C=O) groups is 1. The van der Waals surface area contributed by atoms with Gasteiger partial charge < -0.3 is 0 Å². The zero-order chi connectivity index (χ0) is 14.1. The minimum Gasteiger partial charge on any atom is -0.294 e. The van der Waals surface area contributed by atoms with Crippen molar-refractivity contribution in [2.75, 3.05) is 0 Å². The lowest BCUT2D eigenvalue weighted by Crippen LogP contribution is -2.15. The Hall–Kier alpha value is -2.43. The van der Waals surface area contributed by atoms with Crippen LogP contribution in [0.1, 0.15) is 28.4 Å². The summed E-state index contributed by atoms with van der Waals surface area (Å²) in [5.41, 5.74) is -4.64. The van der Waals surface area contributed by atoms with Crippen molar-refractivity contribution in [3.05, 3.63) is 38.9 Å². The summed E-state index contributed by atoms with van der Waals surface area (Å²) < 4.78 is 38.3. The summed E-state index contributed by atoms with van der Waals surface area (Å²) in [7, 11) is 0. The minimum atomic E-state index is -5.09. The van der Waals surface area contributed by atoms with Crippen LogP contribution in [0.15, 0.2) is 12.1 Å². The Balaban J connectivity index is 3.85. The molecule has 1 rings (SSSR count). The van der Waals surface area contributed by atoms with Crippen LogP contribution in [0, 0.1) is 21.4 Å². The number of halogens is 3. The zero-order valence-electron chi connectivity index (χ0n) is 8.91. The number of nitrogens with zero attached hydrogens (tertiary/aromatic N) is 2. The van der Waals surface area contributed by atoms with E-state index in [0.29, 0.717) is 0 Å². The number of Topliss-reactive ketones (excluding diaryl/α,β-unsaturated/α-hetero) is 1. The highest BCUT2D eigenvalue weighted by molar-refractivity contribution is 5.97. The van der Waals surface area contributed by atoms with Crippen LogP contribution < -0.4 is 0 Å². The van der Waals surface area contributed by atoms with Gasteiger partial charge in [0.2, 0.25) is 0 Å². The van der Waals surface area contributed by atoms with Crippen LogP contribution in [0.25, 0.3) is 0 Å². The van der Waals surface area contributed by atoms with Gasteiger partial charge in [-0.3, -0.25) is 14.9 Å². The van der Waals surface area contributed by atoms with Crippen LogP contribution in [-0.2, 0) is 6.18 Å². The van der Waals surface area contributed by atoms with E-state index in [1.807, 2.05) is 0 Å². The van der Waals surface area contributed by atoms with Gasteiger partial charge >= 0.3 is 6.18 Å². The highest BCUT2D eigenvalue weighted by atomic mass is 19.4. The van der Waals surface area contributed by atoms with Gasteiger partial charge in [0, 0.05) is 5.56 Å². The molecule has 18 heavy (non-hydrogen) atoms. The molecule has 0 bridgehead atoms. The Morgan fingerprint density at radius 1 is 1.44 bits per heavy atom. The number of benzene rings is 1. The number of nitriles is 1. The van der Waals surface area contributed by atoms with Gasteiger partial charge in [-0.2, -0.15) is 18.4 Å². The summed E-state index contributed by atoms with van der Waals surface area (Å²) in [6.07, 6.45) is -5.09. The smallest absolute Gasteiger partial charge is 0.294 e. The molecule has 0 heterocycles. The monoisotopic (exact) mass is 258 g/mol. The first-order chi connectivity index (χ1) is 8.20. The molecule has 0 unspecified atom stereocenters. The van der Waals surface area contributed by atoms with E-state index in [-0.39, 0.29) is 0 Å². The van der Waals surface area contributed by atoms with Crippen LogP contribution in [0.5, 0.6) is 0 Å². The van der Waals surface area contributed by atoms with Gasteiger partial charge in [0.05, 0.1) is 4.92 Å². The molecule has 0 aliphatic heterocycles. The van der Waals surface area contributed by atoms with Gasteiger partial charge in [0.1, 0.15) is 17.2 Å². The molecule has 1 aromatic carbocycles. The van der Waals surface area contributed by atoms with E-state index in [9.17, 15) is 28.1 Å². The largest absolute Gasteiger partial charge is 0.423 e. The first kappa shape index (κ1) is 13.6. The highest BCUT2D eigenvalue weighted by Gasteiger charge is 2.43. The van der Waals surface area contributed by atoms with Gasteiger partial charge in [0.15, 0.2) is 5.78 Å². The van der Waals surface area contributed by atoms with Crippen molar-refractivity contribution in [1.82, 2.24) is 0 Å². The third-order valence-corrected chi connectivity index (χ3v) is 2.14. The van der Waals surface area contributed by atoms with Gasteiger partial charge in [-0.1, -0.05) is 0 Å². The average molecular weight is 258 g/mol.